The van der Waals surface area contributed by atoms with Crippen LogP contribution in [0.3, 0.4) is 0 Å². The van der Waals surface area contributed by atoms with E-state index in [9.17, 15) is 0 Å². The van der Waals surface area contributed by atoms with Gasteiger partial charge < -0.3 is 0 Å². The second-order valence-corrected chi connectivity index (χ2v) is 4.81. The maximum atomic E-state index is 5.88. The number of hydrogen-bond donors (Lipinski definition) is 0. The quantitative estimate of drug-likeness (QED) is 0.683. The lowest BCUT2D eigenvalue weighted by Gasteiger charge is -2.07. The first-order valence-corrected chi connectivity index (χ1v) is 6.79. The highest BCUT2D eigenvalue weighted by atomic mass is 35.5. The van der Waals surface area contributed by atoms with Crippen LogP contribution in [0, 0.1) is 6.92 Å². The third-order valence-corrected chi connectivity index (χ3v) is 3.23. The number of hydrogen-bond acceptors (Lipinski definition) is 2. The molecular formula is C15H14ClN3. The van der Waals surface area contributed by atoms with Gasteiger partial charge in [-0.3, -0.25) is 4.57 Å². The van der Waals surface area contributed by atoms with E-state index in [1.54, 1.807) is 0 Å². The summed E-state index contributed by atoms with van der Waals surface area (Å²) in [7, 11) is 0. The van der Waals surface area contributed by atoms with Crippen LogP contribution >= 0.6 is 11.6 Å². The maximum absolute atomic E-state index is 5.88. The molecule has 3 nitrogen and oxygen atoms in total. The molecule has 0 unspecified atom stereocenters. The number of pyridine rings is 1. The number of aromatic nitrogens is 3. The van der Waals surface area contributed by atoms with Crippen LogP contribution in [0.5, 0.6) is 0 Å². The molecule has 0 saturated carbocycles. The van der Waals surface area contributed by atoms with Gasteiger partial charge in [0.05, 0.1) is 0 Å². The minimum absolute atomic E-state index is 0.551. The number of aryl methyl sites for hydroxylation is 2. The minimum atomic E-state index is 0.551. The van der Waals surface area contributed by atoms with Gasteiger partial charge in [0.1, 0.15) is 11.3 Å². The summed E-state index contributed by atoms with van der Waals surface area (Å²) < 4.78 is 2.09. The number of benzene rings is 1. The third-order valence-electron chi connectivity index (χ3n) is 3.05. The number of halogens is 1. The van der Waals surface area contributed by atoms with Gasteiger partial charge >= 0.3 is 0 Å². The Morgan fingerprint density at radius 1 is 1.05 bits per heavy atom. The Kier molecular flexibility index (Phi) is 3.22. The topological polar surface area (TPSA) is 30.7 Å². The summed E-state index contributed by atoms with van der Waals surface area (Å²) in [5, 5.41) is 0. The summed E-state index contributed by atoms with van der Waals surface area (Å²) in [4.78, 5) is 9.25. The van der Waals surface area contributed by atoms with E-state index in [-0.39, 0.29) is 0 Å². The Morgan fingerprint density at radius 2 is 1.84 bits per heavy atom. The fourth-order valence-electron chi connectivity index (χ4n) is 2.20. The zero-order valence-corrected chi connectivity index (χ0v) is 11.4. The Morgan fingerprint density at radius 3 is 2.58 bits per heavy atom. The largest absolute Gasteiger partial charge is 0.281 e. The number of fused-ring (bicyclic) bond motifs is 1. The molecule has 0 N–H and O–H groups in total. The molecule has 4 heteroatoms. The summed E-state index contributed by atoms with van der Waals surface area (Å²) in [6.45, 7) is 1.99. The van der Waals surface area contributed by atoms with Crippen LogP contribution in [0.1, 0.15) is 11.5 Å². The molecule has 0 aliphatic rings. The zero-order valence-electron chi connectivity index (χ0n) is 10.7. The lowest BCUT2D eigenvalue weighted by Crippen LogP contribution is -2.03. The number of para-hydroxylation sites is 1. The molecule has 19 heavy (non-hydrogen) atoms. The van der Waals surface area contributed by atoms with Crippen molar-refractivity contribution in [2.24, 2.45) is 0 Å². The van der Waals surface area contributed by atoms with E-state index < -0.39 is 0 Å². The van der Waals surface area contributed by atoms with Crippen molar-refractivity contribution in [3.8, 4) is 5.69 Å². The number of rotatable bonds is 3. The maximum Gasteiger partial charge on any atom is 0.164 e. The second-order valence-electron chi connectivity index (χ2n) is 4.43. The van der Waals surface area contributed by atoms with Crippen molar-refractivity contribution in [2.45, 2.75) is 13.3 Å². The molecular weight excluding hydrogens is 258 g/mol. The van der Waals surface area contributed by atoms with E-state index in [1.165, 1.54) is 0 Å². The normalized spacial score (nSPS) is 11.1. The Labute approximate surface area is 116 Å². The molecule has 0 aliphatic heterocycles. The predicted octanol–water partition coefficient (Wildman–Crippen LogP) is 3.51. The summed E-state index contributed by atoms with van der Waals surface area (Å²) in [6, 6.07) is 14.1. The van der Waals surface area contributed by atoms with Gasteiger partial charge in [-0.15, -0.1) is 11.6 Å². The molecule has 0 aliphatic carbocycles. The van der Waals surface area contributed by atoms with Crippen LogP contribution < -0.4 is 0 Å². The molecule has 2 aromatic heterocycles. The van der Waals surface area contributed by atoms with E-state index in [2.05, 4.69) is 26.7 Å². The monoisotopic (exact) mass is 271 g/mol. The fourth-order valence-corrected chi connectivity index (χ4v) is 2.37. The second kappa shape index (κ2) is 5.02. The van der Waals surface area contributed by atoms with Crippen LogP contribution in [0.25, 0.3) is 16.9 Å². The molecule has 0 fully saturated rings. The Hall–Kier alpha value is -1.87. The van der Waals surface area contributed by atoms with Crippen LogP contribution in [0.15, 0.2) is 42.5 Å². The van der Waals surface area contributed by atoms with Crippen LogP contribution in [-0.4, -0.2) is 20.4 Å². The summed E-state index contributed by atoms with van der Waals surface area (Å²) >= 11 is 5.88. The molecule has 0 atom stereocenters. The van der Waals surface area contributed by atoms with E-state index >= 15 is 0 Å². The van der Waals surface area contributed by atoms with Gasteiger partial charge in [0, 0.05) is 23.7 Å². The molecule has 0 bridgehead atoms. The molecule has 1 aromatic carbocycles. The molecule has 96 valence electrons. The molecule has 0 amide bonds. The van der Waals surface area contributed by atoms with Crippen molar-refractivity contribution in [1.82, 2.24) is 14.5 Å². The Bertz CT molecular complexity index is 704. The van der Waals surface area contributed by atoms with Gasteiger partial charge in [0.15, 0.2) is 5.65 Å². The van der Waals surface area contributed by atoms with E-state index in [0.29, 0.717) is 5.88 Å². The lowest BCUT2D eigenvalue weighted by atomic mass is 10.3. The number of imidazole rings is 1. The van der Waals surface area contributed by atoms with Crippen molar-refractivity contribution in [1.29, 1.82) is 0 Å². The van der Waals surface area contributed by atoms with Gasteiger partial charge in [0.2, 0.25) is 0 Å². The van der Waals surface area contributed by atoms with E-state index in [1.807, 2.05) is 37.3 Å². The van der Waals surface area contributed by atoms with Crippen molar-refractivity contribution >= 4 is 22.8 Å². The Balaban J connectivity index is 2.30. The molecule has 0 saturated heterocycles. The summed E-state index contributed by atoms with van der Waals surface area (Å²) in [5.41, 5.74) is 3.87. The highest BCUT2D eigenvalue weighted by Crippen LogP contribution is 2.20. The van der Waals surface area contributed by atoms with Crippen molar-refractivity contribution < 1.29 is 0 Å². The SMILES string of the molecule is Cc1ccc2nc(CCCl)n(-c3ccccc3)c2n1. The van der Waals surface area contributed by atoms with E-state index in [4.69, 9.17) is 11.6 Å². The standard InChI is InChI=1S/C15H14ClN3/c1-11-7-8-13-15(17-11)19(14(18-13)9-10-16)12-5-3-2-4-6-12/h2-8H,9-10H2,1H3. The van der Waals surface area contributed by atoms with Crippen molar-refractivity contribution in [3.63, 3.8) is 0 Å². The number of alkyl halides is 1. The molecule has 3 aromatic rings. The first-order chi connectivity index (χ1) is 9.29. The predicted molar refractivity (Wildman–Crippen MR) is 78.0 cm³/mol. The molecule has 2 heterocycles. The fraction of sp³-hybridized carbons (Fsp3) is 0.200. The third kappa shape index (κ3) is 2.22. The summed E-state index contributed by atoms with van der Waals surface area (Å²) in [6.07, 6.45) is 0.728. The highest BCUT2D eigenvalue weighted by Gasteiger charge is 2.12. The first kappa shape index (κ1) is 12.2. The lowest BCUT2D eigenvalue weighted by molar-refractivity contribution is 0.904. The highest BCUT2D eigenvalue weighted by molar-refractivity contribution is 6.17. The average Bonchev–Trinajstić information content (AvgIpc) is 2.77. The molecule has 3 rings (SSSR count). The van der Waals surface area contributed by atoms with Gasteiger partial charge in [0.25, 0.3) is 0 Å². The van der Waals surface area contributed by atoms with Gasteiger partial charge in [-0.25, -0.2) is 9.97 Å². The van der Waals surface area contributed by atoms with Gasteiger partial charge in [-0.2, -0.15) is 0 Å². The van der Waals surface area contributed by atoms with Crippen molar-refractivity contribution in [2.75, 3.05) is 5.88 Å². The number of nitrogens with zero attached hydrogens (tertiary/aromatic N) is 3. The van der Waals surface area contributed by atoms with Crippen LogP contribution in [-0.2, 0) is 6.42 Å². The van der Waals surface area contributed by atoms with Gasteiger partial charge in [-0.05, 0) is 31.2 Å². The molecule has 0 radical (unpaired) electrons. The van der Waals surface area contributed by atoms with E-state index in [0.717, 1.165) is 34.8 Å². The van der Waals surface area contributed by atoms with Gasteiger partial charge in [-0.1, -0.05) is 18.2 Å². The minimum Gasteiger partial charge on any atom is -0.281 e. The average molecular weight is 272 g/mol. The van der Waals surface area contributed by atoms with Crippen LogP contribution in [0.4, 0.5) is 0 Å². The molecule has 0 spiro atoms. The summed E-state index contributed by atoms with van der Waals surface area (Å²) in [5.74, 6) is 1.50. The smallest absolute Gasteiger partial charge is 0.164 e. The zero-order chi connectivity index (χ0) is 13.2. The van der Waals surface area contributed by atoms with Crippen molar-refractivity contribution in [3.05, 3.63) is 54.0 Å². The van der Waals surface area contributed by atoms with Crippen LogP contribution in [0.2, 0.25) is 0 Å². The first-order valence-electron chi connectivity index (χ1n) is 6.26.